The second-order valence-electron chi connectivity index (χ2n) is 8.06. The summed E-state index contributed by atoms with van der Waals surface area (Å²) in [5.74, 6) is -0.215. The fourth-order valence-electron chi connectivity index (χ4n) is 4.36. The number of hydrogen-bond acceptors (Lipinski definition) is 3. The van der Waals surface area contributed by atoms with Crippen molar-refractivity contribution in [3.05, 3.63) is 29.6 Å². The van der Waals surface area contributed by atoms with Crippen molar-refractivity contribution in [2.75, 3.05) is 13.1 Å². The highest BCUT2D eigenvalue weighted by Gasteiger charge is 2.28. The lowest BCUT2D eigenvalue weighted by molar-refractivity contribution is -0.126. The molecule has 6 nitrogen and oxygen atoms in total. The maximum Gasteiger partial charge on any atom is 0.295 e. The lowest BCUT2D eigenvalue weighted by atomic mass is 9.88. The first-order valence-corrected chi connectivity index (χ1v) is 10.4. The molecule has 0 radical (unpaired) electrons. The molecule has 0 bridgehead atoms. The van der Waals surface area contributed by atoms with Crippen LogP contribution in [0.5, 0.6) is 0 Å². The summed E-state index contributed by atoms with van der Waals surface area (Å²) in [6.07, 6.45) is 4.22. The van der Waals surface area contributed by atoms with Crippen LogP contribution in [0.25, 0.3) is 11.0 Å². The third-order valence-corrected chi connectivity index (χ3v) is 6.06. The van der Waals surface area contributed by atoms with Crippen LogP contribution in [0.2, 0.25) is 0 Å². The molecule has 0 atom stereocenters. The highest BCUT2D eigenvalue weighted by Crippen LogP contribution is 2.25. The van der Waals surface area contributed by atoms with Crippen molar-refractivity contribution >= 4 is 22.8 Å². The number of fused-ring (bicyclic) bond motifs is 1. The van der Waals surface area contributed by atoms with Crippen LogP contribution in [0.4, 0.5) is 8.78 Å². The molecule has 156 valence electrons. The number of aromatic nitrogens is 2. The molecule has 1 aliphatic carbocycles. The van der Waals surface area contributed by atoms with E-state index in [-0.39, 0.29) is 29.6 Å². The molecule has 2 heterocycles. The van der Waals surface area contributed by atoms with Gasteiger partial charge >= 0.3 is 0 Å². The molecule has 2 amide bonds. The van der Waals surface area contributed by atoms with Crippen LogP contribution in [-0.2, 0) is 4.79 Å². The number of hydrogen-bond donors (Lipinski definition) is 2. The van der Waals surface area contributed by atoms with E-state index in [0.717, 1.165) is 38.5 Å². The van der Waals surface area contributed by atoms with E-state index >= 15 is 0 Å². The molecule has 1 aromatic carbocycles. The monoisotopic (exact) mass is 404 g/mol. The zero-order valence-electron chi connectivity index (χ0n) is 16.3. The topological polar surface area (TPSA) is 78.1 Å². The van der Waals surface area contributed by atoms with Gasteiger partial charge in [0.2, 0.25) is 5.91 Å². The maximum atomic E-state index is 12.8. The third-order valence-electron chi connectivity index (χ3n) is 6.06. The van der Waals surface area contributed by atoms with E-state index in [1.54, 1.807) is 23.1 Å². The average Bonchev–Trinajstić information content (AvgIpc) is 3.18. The number of H-pyrrole nitrogens is 1. The van der Waals surface area contributed by atoms with Gasteiger partial charge in [-0.25, -0.2) is 13.8 Å². The second kappa shape index (κ2) is 8.47. The molecule has 2 N–H and O–H groups in total. The van der Waals surface area contributed by atoms with Crippen molar-refractivity contribution in [1.82, 2.24) is 20.2 Å². The highest BCUT2D eigenvalue weighted by atomic mass is 19.3. The lowest BCUT2D eigenvalue weighted by Crippen LogP contribution is -2.48. The molecule has 2 fully saturated rings. The zero-order valence-corrected chi connectivity index (χ0v) is 16.3. The van der Waals surface area contributed by atoms with Gasteiger partial charge in [-0.2, -0.15) is 0 Å². The fraction of sp³-hybridized carbons (Fsp3) is 0.571. The SMILES string of the molecule is O=C(NC1CCN(C(=O)c2ccc3nc(C(F)F)[nH]c3c2)CC1)C1CCCCC1. The van der Waals surface area contributed by atoms with Gasteiger partial charge in [-0.3, -0.25) is 9.59 Å². The van der Waals surface area contributed by atoms with E-state index in [2.05, 4.69) is 15.3 Å². The first-order valence-electron chi connectivity index (χ1n) is 10.4. The number of imidazole rings is 1. The number of rotatable bonds is 4. The zero-order chi connectivity index (χ0) is 20.4. The highest BCUT2D eigenvalue weighted by molar-refractivity contribution is 5.97. The summed E-state index contributed by atoms with van der Waals surface area (Å²) in [4.78, 5) is 33.4. The number of aromatic amines is 1. The van der Waals surface area contributed by atoms with Gasteiger partial charge in [-0.15, -0.1) is 0 Å². The Morgan fingerprint density at radius 3 is 2.52 bits per heavy atom. The molecule has 8 heteroatoms. The Morgan fingerprint density at radius 2 is 1.83 bits per heavy atom. The van der Waals surface area contributed by atoms with Gasteiger partial charge in [0.25, 0.3) is 12.3 Å². The average molecular weight is 404 g/mol. The number of likely N-dealkylation sites (tertiary alicyclic amines) is 1. The first-order chi connectivity index (χ1) is 14.0. The molecule has 2 aromatic rings. The van der Waals surface area contributed by atoms with Crippen LogP contribution in [-0.4, -0.2) is 45.8 Å². The number of nitrogens with one attached hydrogen (secondary N) is 2. The predicted molar refractivity (Wildman–Crippen MR) is 105 cm³/mol. The van der Waals surface area contributed by atoms with Crippen molar-refractivity contribution in [3.63, 3.8) is 0 Å². The van der Waals surface area contributed by atoms with Crippen molar-refractivity contribution in [2.24, 2.45) is 5.92 Å². The first kappa shape index (κ1) is 19.8. The fourth-order valence-corrected chi connectivity index (χ4v) is 4.36. The maximum absolute atomic E-state index is 12.8. The summed E-state index contributed by atoms with van der Waals surface area (Å²) in [6.45, 7) is 1.13. The number of carbonyl (C=O) groups is 2. The van der Waals surface area contributed by atoms with E-state index in [0.29, 0.717) is 29.7 Å². The predicted octanol–water partition coefficient (Wildman–Crippen LogP) is 3.80. The van der Waals surface area contributed by atoms with Crippen molar-refractivity contribution in [1.29, 1.82) is 0 Å². The van der Waals surface area contributed by atoms with Crippen LogP contribution >= 0.6 is 0 Å². The van der Waals surface area contributed by atoms with Gasteiger partial charge in [0.05, 0.1) is 11.0 Å². The molecule has 1 saturated heterocycles. The smallest absolute Gasteiger partial charge is 0.295 e. The van der Waals surface area contributed by atoms with Crippen molar-refractivity contribution < 1.29 is 18.4 Å². The number of amides is 2. The summed E-state index contributed by atoms with van der Waals surface area (Å²) >= 11 is 0. The van der Waals surface area contributed by atoms with Crippen LogP contribution in [0.3, 0.4) is 0 Å². The Morgan fingerprint density at radius 1 is 1.10 bits per heavy atom. The molecule has 1 aromatic heterocycles. The van der Waals surface area contributed by atoms with Crippen LogP contribution < -0.4 is 5.32 Å². The minimum atomic E-state index is -2.68. The van der Waals surface area contributed by atoms with Crippen molar-refractivity contribution in [3.8, 4) is 0 Å². The summed E-state index contributed by atoms with van der Waals surface area (Å²) in [5.41, 5.74) is 1.30. The lowest BCUT2D eigenvalue weighted by Gasteiger charge is -2.33. The van der Waals surface area contributed by atoms with Gasteiger partial charge in [0, 0.05) is 30.6 Å². The Bertz CT molecular complexity index is 884. The van der Waals surface area contributed by atoms with Crippen LogP contribution in [0.15, 0.2) is 18.2 Å². The third kappa shape index (κ3) is 4.41. The van der Waals surface area contributed by atoms with Gasteiger partial charge in [0.1, 0.15) is 0 Å². The Kier molecular flexibility index (Phi) is 5.78. The molecule has 4 rings (SSSR count). The van der Waals surface area contributed by atoms with Gasteiger partial charge in [0.15, 0.2) is 5.82 Å². The molecule has 0 spiro atoms. The van der Waals surface area contributed by atoms with Gasteiger partial charge in [-0.1, -0.05) is 19.3 Å². The number of nitrogens with zero attached hydrogens (tertiary/aromatic N) is 2. The molecule has 2 aliphatic rings. The second-order valence-corrected chi connectivity index (χ2v) is 8.06. The Labute approximate surface area is 168 Å². The van der Waals surface area contributed by atoms with E-state index in [9.17, 15) is 18.4 Å². The van der Waals surface area contributed by atoms with E-state index in [1.807, 2.05) is 0 Å². The quantitative estimate of drug-likeness (QED) is 0.814. The molecule has 1 aliphatic heterocycles. The summed E-state index contributed by atoms with van der Waals surface area (Å²) in [7, 11) is 0. The summed E-state index contributed by atoms with van der Waals surface area (Å²) < 4.78 is 25.6. The number of carbonyl (C=O) groups excluding carboxylic acids is 2. The molecule has 29 heavy (non-hydrogen) atoms. The molecular formula is C21H26F2N4O2. The van der Waals surface area contributed by atoms with E-state index in [4.69, 9.17) is 0 Å². The largest absolute Gasteiger partial charge is 0.353 e. The molecule has 1 saturated carbocycles. The Balaban J connectivity index is 1.34. The van der Waals surface area contributed by atoms with Crippen molar-refractivity contribution in [2.45, 2.75) is 57.4 Å². The number of benzene rings is 1. The van der Waals surface area contributed by atoms with Crippen LogP contribution in [0, 0.1) is 5.92 Å². The van der Waals surface area contributed by atoms with E-state index in [1.165, 1.54) is 6.42 Å². The Hall–Kier alpha value is -2.51. The standard InChI is InChI=1S/C21H26F2N4O2/c22-18(23)19-25-16-7-6-14(12-17(16)26-19)21(29)27-10-8-15(9-11-27)24-20(28)13-4-2-1-3-5-13/h6-7,12-13,15,18H,1-5,8-11H2,(H,24,28)(H,25,26). The normalized spacial score (nSPS) is 19.1. The number of halogens is 2. The number of alkyl halides is 2. The molecular weight excluding hydrogens is 378 g/mol. The summed E-state index contributed by atoms with van der Waals surface area (Å²) in [6, 6.07) is 4.89. The van der Waals surface area contributed by atoms with Gasteiger partial charge < -0.3 is 15.2 Å². The molecule has 0 unspecified atom stereocenters. The minimum absolute atomic E-state index is 0.108. The minimum Gasteiger partial charge on any atom is -0.353 e. The van der Waals surface area contributed by atoms with Crippen LogP contribution in [0.1, 0.15) is 67.6 Å². The number of piperidine rings is 1. The van der Waals surface area contributed by atoms with E-state index < -0.39 is 6.43 Å². The van der Waals surface area contributed by atoms with Gasteiger partial charge in [-0.05, 0) is 43.9 Å². The summed E-state index contributed by atoms with van der Waals surface area (Å²) in [5, 5.41) is 3.16.